The molecule has 1 saturated carbocycles. The SMILES string of the molecule is COCCN(C(=O)c1csc(-c2ccc(Cl)cc2)n1)C1CCCC1. The molecule has 0 N–H and O–H groups in total. The number of ether oxygens (including phenoxy) is 1. The van der Waals surface area contributed by atoms with Crippen LogP contribution in [0.25, 0.3) is 10.6 Å². The van der Waals surface area contributed by atoms with E-state index in [9.17, 15) is 4.79 Å². The number of benzene rings is 1. The molecule has 1 heterocycles. The molecule has 0 saturated heterocycles. The van der Waals surface area contributed by atoms with Gasteiger partial charge in [0.25, 0.3) is 5.91 Å². The number of methoxy groups -OCH3 is 1. The lowest BCUT2D eigenvalue weighted by molar-refractivity contribution is 0.0601. The molecule has 0 aliphatic heterocycles. The zero-order valence-corrected chi connectivity index (χ0v) is 15.3. The molecule has 128 valence electrons. The molecule has 2 aromatic rings. The zero-order chi connectivity index (χ0) is 16.9. The average molecular weight is 365 g/mol. The normalized spacial score (nSPS) is 14.9. The second kappa shape index (κ2) is 8.10. The second-order valence-corrected chi connectivity index (χ2v) is 7.27. The van der Waals surface area contributed by atoms with Crippen LogP contribution in [-0.4, -0.2) is 42.1 Å². The Hall–Kier alpha value is -1.43. The van der Waals surface area contributed by atoms with Crippen LogP contribution in [0.4, 0.5) is 0 Å². The predicted octanol–water partition coefficient (Wildman–Crippen LogP) is 4.49. The van der Waals surface area contributed by atoms with Crippen LogP contribution in [0.2, 0.25) is 5.02 Å². The molecule has 0 bridgehead atoms. The summed E-state index contributed by atoms with van der Waals surface area (Å²) in [5.41, 5.74) is 1.50. The number of rotatable bonds is 6. The molecule has 6 heteroatoms. The third-order valence-corrected chi connectivity index (χ3v) is 5.52. The molecular weight excluding hydrogens is 344 g/mol. The third-order valence-electron chi connectivity index (χ3n) is 4.38. The Morgan fingerprint density at radius 2 is 2.04 bits per heavy atom. The highest BCUT2D eigenvalue weighted by atomic mass is 35.5. The van der Waals surface area contributed by atoms with Crippen molar-refractivity contribution in [2.24, 2.45) is 0 Å². The van der Waals surface area contributed by atoms with Gasteiger partial charge in [-0.25, -0.2) is 4.98 Å². The van der Waals surface area contributed by atoms with Gasteiger partial charge < -0.3 is 9.64 Å². The summed E-state index contributed by atoms with van der Waals surface area (Å²) in [6, 6.07) is 7.84. The van der Waals surface area contributed by atoms with Gasteiger partial charge in [0.15, 0.2) is 0 Å². The van der Waals surface area contributed by atoms with Crippen LogP contribution in [0.1, 0.15) is 36.2 Å². The quantitative estimate of drug-likeness (QED) is 0.758. The fraction of sp³-hybridized carbons (Fsp3) is 0.444. The minimum absolute atomic E-state index is 0.00964. The number of halogens is 1. The van der Waals surface area contributed by atoms with Gasteiger partial charge in [-0.1, -0.05) is 36.6 Å². The Morgan fingerprint density at radius 1 is 1.33 bits per heavy atom. The highest BCUT2D eigenvalue weighted by molar-refractivity contribution is 7.13. The van der Waals surface area contributed by atoms with E-state index in [0.29, 0.717) is 29.9 Å². The largest absolute Gasteiger partial charge is 0.383 e. The Balaban J connectivity index is 1.78. The number of carbonyl (C=O) groups excluding carboxylic acids is 1. The van der Waals surface area contributed by atoms with Crippen LogP contribution < -0.4 is 0 Å². The van der Waals surface area contributed by atoms with Crippen LogP contribution in [0, 0.1) is 0 Å². The van der Waals surface area contributed by atoms with Gasteiger partial charge in [0, 0.05) is 35.7 Å². The van der Waals surface area contributed by atoms with Crippen molar-refractivity contribution < 1.29 is 9.53 Å². The molecule has 1 aromatic heterocycles. The summed E-state index contributed by atoms with van der Waals surface area (Å²) in [5.74, 6) is 0.00964. The Morgan fingerprint density at radius 3 is 2.71 bits per heavy atom. The lowest BCUT2D eigenvalue weighted by Gasteiger charge is -2.28. The summed E-state index contributed by atoms with van der Waals surface area (Å²) >= 11 is 7.42. The van der Waals surface area contributed by atoms with Gasteiger partial charge in [0.2, 0.25) is 0 Å². The molecule has 3 rings (SSSR count). The molecular formula is C18H21ClN2O2S. The molecule has 1 amide bonds. The standard InChI is InChI=1S/C18H21ClN2O2S/c1-23-11-10-21(15-4-2-3-5-15)18(22)16-12-24-17(20-16)13-6-8-14(19)9-7-13/h6-9,12,15H,2-5,10-11H2,1H3. The molecule has 1 aliphatic carbocycles. The van der Waals surface area contributed by atoms with E-state index in [2.05, 4.69) is 4.98 Å². The first kappa shape index (κ1) is 17.4. The van der Waals surface area contributed by atoms with E-state index in [-0.39, 0.29) is 5.91 Å². The molecule has 1 aliphatic rings. The summed E-state index contributed by atoms with van der Waals surface area (Å²) in [4.78, 5) is 19.4. The van der Waals surface area contributed by atoms with E-state index in [4.69, 9.17) is 16.3 Å². The topological polar surface area (TPSA) is 42.4 Å². The van der Waals surface area contributed by atoms with Crippen molar-refractivity contribution in [3.63, 3.8) is 0 Å². The summed E-state index contributed by atoms with van der Waals surface area (Å²) in [6.07, 6.45) is 4.52. The summed E-state index contributed by atoms with van der Waals surface area (Å²) in [5, 5.41) is 3.38. The monoisotopic (exact) mass is 364 g/mol. The van der Waals surface area contributed by atoms with E-state index in [1.807, 2.05) is 34.5 Å². The maximum atomic E-state index is 12.9. The van der Waals surface area contributed by atoms with Crippen LogP contribution in [0.15, 0.2) is 29.6 Å². The average Bonchev–Trinajstić information content (AvgIpc) is 3.27. The number of aromatic nitrogens is 1. The van der Waals surface area contributed by atoms with Gasteiger partial charge in [-0.3, -0.25) is 4.79 Å². The number of nitrogens with zero attached hydrogens (tertiary/aromatic N) is 2. The maximum absolute atomic E-state index is 12.9. The molecule has 0 atom stereocenters. The minimum Gasteiger partial charge on any atom is -0.383 e. The summed E-state index contributed by atoms with van der Waals surface area (Å²) in [7, 11) is 1.67. The van der Waals surface area contributed by atoms with E-state index < -0.39 is 0 Å². The first-order valence-electron chi connectivity index (χ1n) is 8.20. The van der Waals surface area contributed by atoms with Crippen molar-refractivity contribution in [1.29, 1.82) is 0 Å². The smallest absolute Gasteiger partial charge is 0.273 e. The number of amides is 1. The van der Waals surface area contributed by atoms with Crippen LogP contribution in [0.3, 0.4) is 0 Å². The van der Waals surface area contributed by atoms with Gasteiger partial charge >= 0.3 is 0 Å². The lowest BCUT2D eigenvalue weighted by atomic mass is 10.2. The van der Waals surface area contributed by atoms with Crippen molar-refractivity contribution in [1.82, 2.24) is 9.88 Å². The molecule has 1 fully saturated rings. The van der Waals surface area contributed by atoms with Crippen LogP contribution >= 0.6 is 22.9 Å². The van der Waals surface area contributed by atoms with E-state index in [0.717, 1.165) is 23.4 Å². The first-order chi connectivity index (χ1) is 11.7. The highest BCUT2D eigenvalue weighted by Crippen LogP contribution is 2.28. The molecule has 24 heavy (non-hydrogen) atoms. The van der Waals surface area contributed by atoms with Gasteiger partial charge in [0.1, 0.15) is 10.7 Å². The van der Waals surface area contributed by atoms with Crippen molar-refractivity contribution in [3.05, 3.63) is 40.4 Å². The Bertz CT molecular complexity index is 681. The van der Waals surface area contributed by atoms with Gasteiger partial charge in [-0.2, -0.15) is 0 Å². The maximum Gasteiger partial charge on any atom is 0.273 e. The van der Waals surface area contributed by atoms with Gasteiger partial charge in [0.05, 0.1) is 6.61 Å². The Labute approximate surface area is 151 Å². The van der Waals surface area contributed by atoms with E-state index >= 15 is 0 Å². The van der Waals surface area contributed by atoms with Crippen molar-refractivity contribution in [2.75, 3.05) is 20.3 Å². The van der Waals surface area contributed by atoms with Crippen LogP contribution in [-0.2, 0) is 4.74 Å². The minimum atomic E-state index is 0.00964. The molecule has 0 spiro atoms. The Kier molecular flexibility index (Phi) is 5.87. The molecule has 1 aromatic carbocycles. The second-order valence-electron chi connectivity index (χ2n) is 5.97. The van der Waals surface area contributed by atoms with Crippen molar-refractivity contribution >= 4 is 28.8 Å². The third kappa shape index (κ3) is 3.97. The van der Waals surface area contributed by atoms with E-state index in [1.54, 1.807) is 7.11 Å². The number of carbonyl (C=O) groups is 1. The van der Waals surface area contributed by atoms with Crippen molar-refractivity contribution in [2.45, 2.75) is 31.7 Å². The number of thiazole rings is 1. The summed E-state index contributed by atoms with van der Waals surface area (Å²) in [6.45, 7) is 1.17. The van der Waals surface area contributed by atoms with E-state index in [1.165, 1.54) is 24.2 Å². The van der Waals surface area contributed by atoms with Gasteiger partial charge in [-0.05, 0) is 25.0 Å². The first-order valence-corrected chi connectivity index (χ1v) is 9.46. The van der Waals surface area contributed by atoms with Crippen LogP contribution in [0.5, 0.6) is 0 Å². The number of hydrogen-bond donors (Lipinski definition) is 0. The fourth-order valence-corrected chi connectivity index (χ4v) is 4.03. The summed E-state index contributed by atoms with van der Waals surface area (Å²) < 4.78 is 5.18. The van der Waals surface area contributed by atoms with Crippen molar-refractivity contribution in [3.8, 4) is 10.6 Å². The highest BCUT2D eigenvalue weighted by Gasteiger charge is 2.28. The zero-order valence-electron chi connectivity index (χ0n) is 13.7. The lowest BCUT2D eigenvalue weighted by Crippen LogP contribution is -2.41. The predicted molar refractivity (Wildman–Crippen MR) is 97.7 cm³/mol. The molecule has 0 radical (unpaired) electrons. The van der Waals surface area contributed by atoms with Gasteiger partial charge in [-0.15, -0.1) is 11.3 Å². The fourth-order valence-electron chi connectivity index (χ4n) is 3.10. The molecule has 4 nitrogen and oxygen atoms in total. The number of hydrogen-bond acceptors (Lipinski definition) is 4. The molecule has 0 unspecified atom stereocenters.